The highest BCUT2D eigenvalue weighted by Gasteiger charge is 2.24. The van der Waals surface area contributed by atoms with Gasteiger partial charge >= 0.3 is 0 Å². The minimum atomic E-state index is -0.291. The lowest BCUT2D eigenvalue weighted by Crippen LogP contribution is -2.30. The van der Waals surface area contributed by atoms with Gasteiger partial charge in [-0.3, -0.25) is 0 Å². The molecule has 2 N–H and O–H groups in total. The Kier molecular flexibility index (Phi) is 4.50. The maximum Gasteiger partial charge on any atom is 0.123 e. The number of hydrogen-bond donors (Lipinski definition) is 1. The molecule has 1 nitrogen and oxygen atoms in total. The number of hydrogen-bond acceptors (Lipinski definition) is 1. The van der Waals surface area contributed by atoms with E-state index in [-0.39, 0.29) is 29.5 Å². The summed E-state index contributed by atoms with van der Waals surface area (Å²) in [6.07, 6.45) is 0. The summed E-state index contributed by atoms with van der Waals surface area (Å²) in [6, 6.07) is 12.8. The molecule has 2 rings (SSSR count). The molecule has 2 unspecified atom stereocenters. The summed E-state index contributed by atoms with van der Waals surface area (Å²) in [4.78, 5) is 0. The normalized spacial score (nSPS) is 14.3. The van der Waals surface area contributed by atoms with Crippen molar-refractivity contribution < 1.29 is 8.78 Å². The average Bonchev–Trinajstić information content (AvgIpc) is 2.39. The third kappa shape index (κ3) is 3.23. The predicted octanol–water partition coefficient (Wildman–Crippen LogP) is 4.08. The maximum atomic E-state index is 13.5. The van der Waals surface area contributed by atoms with Gasteiger partial charge in [0.05, 0.1) is 0 Å². The van der Waals surface area contributed by atoms with Gasteiger partial charge in [-0.15, -0.1) is 0 Å². The zero-order chi connectivity index (χ0) is 14.7. The van der Waals surface area contributed by atoms with E-state index in [9.17, 15) is 8.78 Å². The topological polar surface area (TPSA) is 26.0 Å². The fourth-order valence-corrected chi connectivity index (χ4v) is 2.50. The monoisotopic (exact) mass is 275 g/mol. The van der Waals surface area contributed by atoms with E-state index < -0.39 is 0 Å². The Morgan fingerprint density at radius 2 is 1.30 bits per heavy atom. The zero-order valence-corrected chi connectivity index (χ0v) is 11.7. The molecule has 0 aliphatic rings. The number of halogens is 2. The van der Waals surface area contributed by atoms with Gasteiger partial charge in [0.1, 0.15) is 11.6 Å². The second-order valence-electron chi connectivity index (χ2n) is 5.31. The van der Waals surface area contributed by atoms with Crippen LogP contribution >= 0.6 is 0 Å². The summed E-state index contributed by atoms with van der Waals surface area (Å²) in [5, 5.41) is 0. The molecule has 106 valence electrons. The van der Waals surface area contributed by atoms with Gasteiger partial charge in [0.15, 0.2) is 0 Å². The Morgan fingerprint density at radius 3 is 1.65 bits per heavy atom. The Bertz CT molecular complexity index is 535. The lowest BCUT2D eigenvalue weighted by Gasteiger charge is -2.28. The fraction of sp³-hybridized carbons (Fsp3) is 0.294. The first-order valence-corrected chi connectivity index (χ1v) is 6.75. The molecule has 0 aromatic heterocycles. The molecule has 0 saturated carbocycles. The summed E-state index contributed by atoms with van der Waals surface area (Å²) in [7, 11) is 0. The summed E-state index contributed by atoms with van der Waals surface area (Å²) in [6.45, 7) is 3.92. The molecule has 2 atom stereocenters. The van der Waals surface area contributed by atoms with Gasteiger partial charge in [0, 0.05) is 12.0 Å². The molecule has 0 amide bonds. The molecule has 0 fully saturated rings. The van der Waals surface area contributed by atoms with Gasteiger partial charge in [-0.2, -0.15) is 0 Å². The predicted molar refractivity (Wildman–Crippen MR) is 77.5 cm³/mol. The number of nitrogens with two attached hydrogens (primary N) is 1. The fourth-order valence-electron chi connectivity index (χ4n) is 2.50. The van der Waals surface area contributed by atoms with Gasteiger partial charge in [0.2, 0.25) is 0 Å². The molecule has 0 bridgehead atoms. The van der Waals surface area contributed by atoms with Crippen molar-refractivity contribution in [2.75, 3.05) is 0 Å². The van der Waals surface area contributed by atoms with Crippen molar-refractivity contribution in [2.24, 2.45) is 11.7 Å². The summed E-state index contributed by atoms with van der Waals surface area (Å²) in [5.74, 6) is -0.637. The largest absolute Gasteiger partial charge is 0.328 e. The first-order valence-electron chi connectivity index (χ1n) is 6.75. The first kappa shape index (κ1) is 14.7. The molecule has 20 heavy (non-hydrogen) atoms. The lowest BCUT2D eigenvalue weighted by atomic mass is 9.78. The van der Waals surface area contributed by atoms with E-state index in [1.54, 1.807) is 12.1 Å². The molecule has 3 heteroatoms. The van der Waals surface area contributed by atoms with Gasteiger partial charge in [0.25, 0.3) is 0 Å². The molecule has 0 saturated heterocycles. The van der Waals surface area contributed by atoms with Gasteiger partial charge in [-0.1, -0.05) is 31.2 Å². The van der Waals surface area contributed by atoms with E-state index in [0.29, 0.717) is 0 Å². The summed E-state index contributed by atoms with van der Waals surface area (Å²) < 4.78 is 27.0. The minimum Gasteiger partial charge on any atom is -0.328 e. The zero-order valence-electron chi connectivity index (χ0n) is 11.7. The van der Waals surface area contributed by atoms with Gasteiger partial charge in [-0.25, -0.2) is 8.78 Å². The van der Waals surface area contributed by atoms with Crippen LogP contribution in [-0.4, -0.2) is 6.04 Å². The van der Waals surface area contributed by atoms with Crippen molar-refractivity contribution in [1.82, 2.24) is 0 Å². The minimum absolute atomic E-state index is 0.0681. The van der Waals surface area contributed by atoms with Crippen molar-refractivity contribution in [1.29, 1.82) is 0 Å². The second kappa shape index (κ2) is 6.14. The van der Waals surface area contributed by atoms with Crippen LogP contribution in [-0.2, 0) is 0 Å². The Labute approximate surface area is 118 Å². The average molecular weight is 275 g/mol. The maximum absolute atomic E-state index is 13.5. The van der Waals surface area contributed by atoms with Crippen molar-refractivity contribution in [3.63, 3.8) is 0 Å². The van der Waals surface area contributed by atoms with Crippen LogP contribution in [0.15, 0.2) is 48.5 Å². The molecule has 2 aromatic carbocycles. The Balaban J connectivity index is 2.50. The molecular formula is C17H19F2N. The van der Waals surface area contributed by atoms with Crippen LogP contribution in [0.2, 0.25) is 0 Å². The highest BCUT2D eigenvalue weighted by Crippen LogP contribution is 2.34. The third-order valence-electron chi connectivity index (χ3n) is 3.77. The standard InChI is InChI=1S/C17H19F2N/c1-11(12(2)20)17(13-5-3-7-15(18)9-13)14-6-4-8-16(19)10-14/h3-12,17H,20H2,1-2H3. The van der Waals surface area contributed by atoms with Crippen LogP contribution in [0.4, 0.5) is 8.78 Å². The molecule has 2 aromatic rings. The van der Waals surface area contributed by atoms with Crippen LogP contribution in [0.1, 0.15) is 30.9 Å². The van der Waals surface area contributed by atoms with Crippen molar-refractivity contribution >= 4 is 0 Å². The van der Waals surface area contributed by atoms with Gasteiger partial charge in [-0.05, 0) is 48.2 Å². The number of rotatable bonds is 4. The van der Waals surface area contributed by atoms with Crippen LogP contribution < -0.4 is 5.73 Å². The van der Waals surface area contributed by atoms with Crippen LogP contribution in [0.25, 0.3) is 0 Å². The van der Waals surface area contributed by atoms with Crippen molar-refractivity contribution in [3.05, 3.63) is 71.3 Å². The molecule has 0 spiro atoms. The SMILES string of the molecule is CC(N)C(C)C(c1cccc(F)c1)c1cccc(F)c1. The highest BCUT2D eigenvalue weighted by molar-refractivity contribution is 5.34. The molecule has 0 heterocycles. The Hall–Kier alpha value is -1.74. The molecule has 0 aliphatic heterocycles. The number of benzene rings is 2. The van der Waals surface area contributed by atoms with Gasteiger partial charge < -0.3 is 5.73 Å². The van der Waals surface area contributed by atoms with Crippen LogP contribution in [0.3, 0.4) is 0 Å². The smallest absolute Gasteiger partial charge is 0.123 e. The second-order valence-corrected chi connectivity index (χ2v) is 5.31. The first-order chi connectivity index (χ1) is 9.49. The van der Waals surface area contributed by atoms with E-state index >= 15 is 0 Å². The quantitative estimate of drug-likeness (QED) is 0.894. The van der Waals surface area contributed by atoms with E-state index in [1.165, 1.54) is 24.3 Å². The Morgan fingerprint density at radius 1 is 0.850 bits per heavy atom. The highest BCUT2D eigenvalue weighted by atomic mass is 19.1. The summed E-state index contributed by atoms with van der Waals surface area (Å²) >= 11 is 0. The third-order valence-corrected chi connectivity index (χ3v) is 3.77. The van der Waals surface area contributed by atoms with E-state index in [1.807, 2.05) is 26.0 Å². The molecule has 0 aliphatic carbocycles. The van der Waals surface area contributed by atoms with Crippen molar-refractivity contribution in [2.45, 2.75) is 25.8 Å². The van der Waals surface area contributed by atoms with E-state index in [2.05, 4.69) is 0 Å². The van der Waals surface area contributed by atoms with Crippen molar-refractivity contribution in [3.8, 4) is 0 Å². The summed E-state index contributed by atoms with van der Waals surface area (Å²) in [5.41, 5.74) is 7.64. The molecule has 0 radical (unpaired) electrons. The molecular weight excluding hydrogens is 256 g/mol. The van der Waals surface area contributed by atoms with Crippen LogP contribution in [0, 0.1) is 17.6 Å². The van der Waals surface area contributed by atoms with Crippen LogP contribution in [0.5, 0.6) is 0 Å². The van der Waals surface area contributed by atoms with E-state index in [0.717, 1.165) is 11.1 Å². The van der Waals surface area contributed by atoms with E-state index in [4.69, 9.17) is 5.73 Å². The lowest BCUT2D eigenvalue weighted by molar-refractivity contribution is 0.431.